The number of hydrogen-bond acceptors (Lipinski definition) is 8. The summed E-state index contributed by atoms with van der Waals surface area (Å²) in [4.78, 5) is 18.2. The monoisotopic (exact) mass is 514 g/mol. The summed E-state index contributed by atoms with van der Waals surface area (Å²) in [5.41, 5.74) is 2.52. The molecule has 10 nitrogen and oxygen atoms in total. The van der Waals surface area contributed by atoms with E-state index in [4.69, 9.17) is 4.74 Å². The molecular formula is C25H32F2N8O2. The molecule has 0 spiro atoms. The number of carbonyl (C=O) groups excluding carboxylic acids is 1. The van der Waals surface area contributed by atoms with E-state index in [2.05, 4.69) is 25.6 Å². The molecule has 1 saturated carbocycles. The minimum absolute atomic E-state index is 0.0528. The number of anilines is 1. The van der Waals surface area contributed by atoms with Crippen LogP contribution >= 0.6 is 0 Å². The average molecular weight is 515 g/mol. The fourth-order valence-electron chi connectivity index (χ4n) is 4.97. The van der Waals surface area contributed by atoms with Gasteiger partial charge >= 0.3 is 5.97 Å². The predicted molar refractivity (Wildman–Crippen MR) is 131 cm³/mol. The van der Waals surface area contributed by atoms with Gasteiger partial charge in [0.1, 0.15) is 11.4 Å². The molecule has 0 aromatic carbocycles. The number of piperidine rings is 1. The molecule has 0 unspecified atom stereocenters. The first kappa shape index (κ1) is 25.2. The third-order valence-electron chi connectivity index (χ3n) is 7.01. The molecule has 3 aromatic rings. The minimum Gasteiger partial charge on any atom is -0.466 e. The van der Waals surface area contributed by atoms with Crippen molar-refractivity contribution in [1.82, 2.24) is 35.0 Å². The van der Waals surface area contributed by atoms with Crippen LogP contribution in [0.4, 0.5) is 14.5 Å². The van der Waals surface area contributed by atoms with Gasteiger partial charge < -0.3 is 9.64 Å². The number of alkyl halides is 2. The Morgan fingerprint density at radius 1 is 1.16 bits per heavy atom. The number of nitrogens with zero attached hydrogens (tertiary/aromatic N) is 8. The second kappa shape index (κ2) is 10.9. The zero-order chi connectivity index (χ0) is 25.9. The first-order valence-electron chi connectivity index (χ1n) is 12.9. The van der Waals surface area contributed by atoms with Crippen molar-refractivity contribution in [3.05, 3.63) is 35.4 Å². The smallest absolute Gasteiger partial charge is 0.306 e. The molecule has 3 aromatic heterocycles. The van der Waals surface area contributed by atoms with Crippen LogP contribution in [-0.4, -0.2) is 60.6 Å². The van der Waals surface area contributed by atoms with Crippen LogP contribution in [0.5, 0.6) is 0 Å². The van der Waals surface area contributed by atoms with E-state index in [1.54, 1.807) is 35.5 Å². The predicted octanol–water partition coefficient (Wildman–Crippen LogP) is 3.58. The topological polar surface area (TPSA) is 104 Å². The van der Waals surface area contributed by atoms with Crippen molar-refractivity contribution >= 4 is 11.7 Å². The van der Waals surface area contributed by atoms with E-state index in [0.717, 1.165) is 25.0 Å². The van der Waals surface area contributed by atoms with E-state index in [-0.39, 0.29) is 24.0 Å². The third kappa shape index (κ3) is 5.94. The SMILES string of the molecule is CCOC(=O)C[C@H]1CCCN(c2ccc(-c3nnn(C)c3Cn3cc(CC4CC4)nn3)nc2C(F)F)C1. The summed E-state index contributed by atoms with van der Waals surface area (Å²) in [6.45, 7) is 3.59. The van der Waals surface area contributed by atoms with Crippen molar-refractivity contribution < 1.29 is 18.3 Å². The number of aromatic nitrogens is 7. The fraction of sp³-hybridized carbons (Fsp3) is 0.600. The minimum atomic E-state index is -2.76. The fourth-order valence-corrected chi connectivity index (χ4v) is 4.97. The van der Waals surface area contributed by atoms with Gasteiger partial charge in [0, 0.05) is 26.3 Å². The van der Waals surface area contributed by atoms with Crippen LogP contribution in [-0.2, 0) is 29.5 Å². The van der Waals surface area contributed by atoms with Crippen LogP contribution in [0.15, 0.2) is 18.3 Å². The third-order valence-corrected chi connectivity index (χ3v) is 7.01. The van der Waals surface area contributed by atoms with Crippen molar-refractivity contribution in [3.63, 3.8) is 0 Å². The summed E-state index contributed by atoms with van der Waals surface area (Å²) in [5, 5.41) is 16.8. The Bertz CT molecular complexity index is 1240. The van der Waals surface area contributed by atoms with Gasteiger partial charge in [-0.15, -0.1) is 10.2 Å². The van der Waals surface area contributed by atoms with Gasteiger partial charge in [0.05, 0.1) is 42.3 Å². The van der Waals surface area contributed by atoms with Crippen LogP contribution in [0.25, 0.3) is 11.4 Å². The van der Waals surface area contributed by atoms with Crippen molar-refractivity contribution in [2.45, 2.75) is 58.4 Å². The summed E-state index contributed by atoms with van der Waals surface area (Å²) in [5.74, 6) is 0.506. The summed E-state index contributed by atoms with van der Waals surface area (Å²) in [6, 6.07) is 3.39. The van der Waals surface area contributed by atoms with Gasteiger partial charge in [-0.1, -0.05) is 10.4 Å². The Morgan fingerprint density at radius 3 is 2.76 bits per heavy atom. The molecular weight excluding hydrogens is 482 g/mol. The lowest BCUT2D eigenvalue weighted by Crippen LogP contribution is -2.37. The maximum absolute atomic E-state index is 14.2. The van der Waals surface area contributed by atoms with Crippen molar-refractivity contribution in [1.29, 1.82) is 0 Å². The molecule has 37 heavy (non-hydrogen) atoms. The van der Waals surface area contributed by atoms with Gasteiger partial charge in [0.15, 0.2) is 0 Å². The molecule has 0 amide bonds. The lowest BCUT2D eigenvalue weighted by molar-refractivity contribution is -0.144. The first-order chi connectivity index (χ1) is 17.9. The molecule has 1 aliphatic carbocycles. The molecule has 1 saturated heterocycles. The Morgan fingerprint density at radius 2 is 2.00 bits per heavy atom. The molecule has 1 atom stereocenters. The molecule has 1 aliphatic heterocycles. The summed E-state index contributed by atoms with van der Waals surface area (Å²) in [7, 11) is 1.76. The zero-order valence-electron chi connectivity index (χ0n) is 21.2. The molecule has 198 valence electrons. The maximum atomic E-state index is 14.2. The van der Waals surface area contributed by atoms with E-state index >= 15 is 0 Å². The van der Waals surface area contributed by atoms with Crippen LogP contribution < -0.4 is 4.90 Å². The van der Waals surface area contributed by atoms with Gasteiger partial charge in [-0.3, -0.25) is 4.79 Å². The molecule has 0 N–H and O–H groups in total. The number of halogens is 2. The number of hydrogen-bond donors (Lipinski definition) is 0. The average Bonchev–Trinajstić information content (AvgIpc) is 3.47. The Hall–Kier alpha value is -3.44. The van der Waals surface area contributed by atoms with Gasteiger partial charge in [-0.2, -0.15) is 0 Å². The second-order valence-corrected chi connectivity index (χ2v) is 9.93. The maximum Gasteiger partial charge on any atom is 0.306 e. The molecule has 2 aliphatic rings. The number of esters is 1. The van der Waals surface area contributed by atoms with Crippen molar-refractivity contribution in [2.75, 3.05) is 24.6 Å². The molecule has 4 heterocycles. The highest BCUT2D eigenvalue weighted by atomic mass is 19.3. The lowest BCUT2D eigenvalue weighted by atomic mass is 9.94. The molecule has 12 heteroatoms. The van der Waals surface area contributed by atoms with Crippen molar-refractivity contribution in [3.8, 4) is 11.4 Å². The Balaban J connectivity index is 1.36. The Kier molecular flexibility index (Phi) is 7.43. The zero-order valence-corrected chi connectivity index (χ0v) is 21.2. The quantitative estimate of drug-likeness (QED) is 0.378. The number of rotatable bonds is 10. The number of ether oxygens (including phenoxy) is 1. The molecule has 0 bridgehead atoms. The molecule has 5 rings (SSSR count). The largest absolute Gasteiger partial charge is 0.466 e. The summed E-state index contributed by atoms with van der Waals surface area (Å²) < 4.78 is 36.9. The van der Waals surface area contributed by atoms with Crippen LogP contribution in [0.1, 0.15) is 62.5 Å². The molecule has 0 radical (unpaired) electrons. The lowest BCUT2D eigenvalue weighted by Gasteiger charge is -2.35. The van der Waals surface area contributed by atoms with Gasteiger partial charge in [0.2, 0.25) is 0 Å². The highest BCUT2D eigenvalue weighted by Crippen LogP contribution is 2.35. The van der Waals surface area contributed by atoms with Crippen LogP contribution in [0.3, 0.4) is 0 Å². The molecule has 2 fully saturated rings. The van der Waals surface area contributed by atoms with E-state index in [1.807, 2.05) is 11.1 Å². The number of carbonyl (C=O) groups is 1. The van der Waals surface area contributed by atoms with E-state index in [0.29, 0.717) is 54.9 Å². The van der Waals surface area contributed by atoms with E-state index in [1.165, 1.54) is 12.8 Å². The van der Waals surface area contributed by atoms with E-state index < -0.39 is 6.43 Å². The highest BCUT2D eigenvalue weighted by molar-refractivity contribution is 5.70. The second-order valence-electron chi connectivity index (χ2n) is 9.93. The normalized spacial score (nSPS) is 18.0. The van der Waals surface area contributed by atoms with Gasteiger partial charge in [-0.05, 0) is 63.0 Å². The van der Waals surface area contributed by atoms with Crippen LogP contribution in [0, 0.1) is 11.8 Å². The standard InChI is InChI=1S/C25H32F2N8O2/c1-3-37-22(36)12-17-5-4-10-34(13-17)20-9-8-19(28-24(20)25(26)27)23-21(33(2)31-30-23)15-35-14-18(29-32-35)11-16-6-7-16/h8-9,14,16-17,25H,3-7,10-13,15H2,1-2H3/t17-/m1/s1. The van der Waals surface area contributed by atoms with Gasteiger partial charge in [-0.25, -0.2) is 23.1 Å². The number of pyridine rings is 1. The Labute approximate surface area is 214 Å². The van der Waals surface area contributed by atoms with E-state index in [9.17, 15) is 13.6 Å². The van der Waals surface area contributed by atoms with Crippen LogP contribution in [0.2, 0.25) is 0 Å². The number of aryl methyl sites for hydroxylation is 1. The van der Waals surface area contributed by atoms with Crippen molar-refractivity contribution in [2.24, 2.45) is 18.9 Å². The first-order valence-corrected chi connectivity index (χ1v) is 12.9. The summed E-state index contributed by atoms with van der Waals surface area (Å²) in [6.07, 6.45) is 4.50. The summed E-state index contributed by atoms with van der Waals surface area (Å²) >= 11 is 0. The van der Waals surface area contributed by atoms with Gasteiger partial charge in [0.25, 0.3) is 6.43 Å². The highest BCUT2D eigenvalue weighted by Gasteiger charge is 2.28.